The predicted octanol–water partition coefficient (Wildman–Crippen LogP) is 0.785. The third-order valence-corrected chi connectivity index (χ3v) is 5.38. The number of carbonyl (C=O) groups is 1. The molecule has 0 aliphatic heterocycles. The lowest BCUT2D eigenvalue weighted by atomic mass is 10.1. The molecule has 0 heterocycles. The van der Waals surface area contributed by atoms with E-state index in [-0.39, 0.29) is 22.8 Å². The summed E-state index contributed by atoms with van der Waals surface area (Å²) in [6.45, 7) is 2.72. The summed E-state index contributed by atoms with van der Waals surface area (Å²) in [6.07, 6.45) is 0. The number of methoxy groups -OCH3 is 1. The summed E-state index contributed by atoms with van der Waals surface area (Å²) in [5.41, 5.74) is -1.20. The second kappa shape index (κ2) is 6.00. The molecule has 0 saturated heterocycles. The minimum atomic E-state index is -4.02. The van der Waals surface area contributed by atoms with E-state index in [2.05, 4.69) is 0 Å². The Morgan fingerprint density at radius 3 is 2.38 bits per heavy atom. The van der Waals surface area contributed by atoms with Crippen LogP contribution in [-0.2, 0) is 10.0 Å². The lowest BCUT2D eigenvalue weighted by Gasteiger charge is -2.33. The highest BCUT2D eigenvalue weighted by Crippen LogP contribution is 2.30. The summed E-state index contributed by atoms with van der Waals surface area (Å²) in [7, 11) is -1.41. The van der Waals surface area contributed by atoms with Crippen molar-refractivity contribution in [1.82, 2.24) is 4.31 Å². The van der Waals surface area contributed by atoms with Gasteiger partial charge in [-0.15, -0.1) is 0 Å². The van der Waals surface area contributed by atoms with Gasteiger partial charge in [0, 0.05) is 7.05 Å². The number of aliphatic hydroxyl groups excluding tert-OH is 1. The van der Waals surface area contributed by atoms with Gasteiger partial charge in [0.1, 0.15) is 10.6 Å². The average Bonchev–Trinajstić information content (AvgIpc) is 2.45. The number of hydrogen-bond acceptors (Lipinski definition) is 5. The number of ether oxygens (including phenoxy) is 1. The molecule has 0 spiro atoms. The summed E-state index contributed by atoms with van der Waals surface area (Å²) < 4.78 is 31.3. The van der Waals surface area contributed by atoms with Gasteiger partial charge in [-0.2, -0.15) is 4.31 Å². The van der Waals surface area contributed by atoms with Gasteiger partial charge in [0.15, 0.2) is 0 Å². The molecule has 0 radical (unpaired) electrons. The fourth-order valence-electron chi connectivity index (χ4n) is 1.58. The van der Waals surface area contributed by atoms with Gasteiger partial charge < -0.3 is 14.9 Å². The molecular formula is C13H19NO6S. The van der Waals surface area contributed by atoms with Crippen LogP contribution in [0.4, 0.5) is 0 Å². The fraction of sp³-hybridized carbons (Fsp3) is 0.462. The van der Waals surface area contributed by atoms with Gasteiger partial charge in [-0.05, 0) is 32.0 Å². The maximum absolute atomic E-state index is 12.6. The number of aromatic carboxylic acids is 1. The molecule has 2 N–H and O–H groups in total. The zero-order valence-corrected chi connectivity index (χ0v) is 13.1. The van der Waals surface area contributed by atoms with Gasteiger partial charge in [-0.25, -0.2) is 13.2 Å². The number of rotatable bonds is 6. The Labute approximate surface area is 123 Å². The molecule has 0 bridgehead atoms. The van der Waals surface area contributed by atoms with E-state index in [0.717, 1.165) is 10.4 Å². The molecule has 7 nitrogen and oxygen atoms in total. The molecule has 1 aromatic carbocycles. The second-order valence-electron chi connectivity index (χ2n) is 5.11. The van der Waals surface area contributed by atoms with Crippen molar-refractivity contribution in [3.63, 3.8) is 0 Å². The average molecular weight is 317 g/mol. The second-order valence-corrected chi connectivity index (χ2v) is 7.05. The Morgan fingerprint density at radius 1 is 1.38 bits per heavy atom. The van der Waals surface area contributed by atoms with Crippen molar-refractivity contribution in [2.75, 3.05) is 20.8 Å². The standard InChI is InChI=1S/C13H19NO6S/c1-13(2,8-15)14(3)21(18,19)11-7-9(12(16)17)5-6-10(11)20-4/h5-7,15H,8H2,1-4H3,(H,16,17). The summed E-state index contributed by atoms with van der Waals surface area (Å²) in [6, 6.07) is 3.59. The van der Waals surface area contributed by atoms with Crippen LogP contribution in [0.2, 0.25) is 0 Å². The third-order valence-electron chi connectivity index (χ3n) is 3.29. The van der Waals surface area contributed by atoms with E-state index < -0.39 is 21.5 Å². The number of hydrogen-bond donors (Lipinski definition) is 2. The van der Waals surface area contributed by atoms with Gasteiger partial charge >= 0.3 is 5.97 Å². The van der Waals surface area contributed by atoms with Gasteiger partial charge in [0.05, 0.1) is 24.8 Å². The highest BCUT2D eigenvalue weighted by atomic mass is 32.2. The van der Waals surface area contributed by atoms with Crippen LogP contribution in [0, 0.1) is 0 Å². The molecule has 8 heteroatoms. The lowest BCUT2D eigenvalue weighted by molar-refractivity contribution is 0.0696. The Balaban J connectivity index is 3.49. The van der Waals surface area contributed by atoms with Crippen LogP contribution in [0.1, 0.15) is 24.2 Å². The molecule has 0 unspecified atom stereocenters. The normalized spacial score (nSPS) is 12.5. The number of benzene rings is 1. The smallest absolute Gasteiger partial charge is 0.335 e. The molecule has 0 saturated carbocycles. The number of aliphatic hydroxyl groups is 1. The van der Waals surface area contributed by atoms with E-state index in [1.807, 2.05) is 0 Å². The van der Waals surface area contributed by atoms with E-state index in [1.54, 1.807) is 13.8 Å². The summed E-state index contributed by atoms with van der Waals surface area (Å²) >= 11 is 0. The van der Waals surface area contributed by atoms with Gasteiger partial charge in [0.25, 0.3) is 0 Å². The first kappa shape index (κ1) is 17.4. The van der Waals surface area contributed by atoms with Crippen molar-refractivity contribution in [1.29, 1.82) is 0 Å². The Bertz CT molecular complexity index is 638. The van der Waals surface area contributed by atoms with Gasteiger partial charge in [-0.1, -0.05) is 0 Å². The number of sulfonamides is 1. The van der Waals surface area contributed by atoms with E-state index in [1.165, 1.54) is 26.3 Å². The number of likely N-dealkylation sites (N-methyl/N-ethyl adjacent to an activating group) is 1. The minimum absolute atomic E-state index is 0.0422. The quantitative estimate of drug-likeness (QED) is 0.803. The molecule has 0 atom stereocenters. The highest BCUT2D eigenvalue weighted by Gasteiger charge is 2.35. The Hall–Kier alpha value is -1.64. The predicted molar refractivity (Wildman–Crippen MR) is 76.1 cm³/mol. The van der Waals surface area contributed by atoms with E-state index in [9.17, 15) is 18.3 Å². The lowest BCUT2D eigenvalue weighted by Crippen LogP contribution is -2.47. The molecule has 0 amide bonds. The van der Waals surface area contributed by atoms with Crippen LogP contribution < -0.4 is 4.74 Å². The number of nitrogens with zero attached hydrogens (tertiary/aromatic N) is 1. The van der Waals surface area contributed by atoms with Crippen molar-refractivity contribution in [2.24, 2.45) is 0 Å². The van der Waals surface area contributed by atoms with Gasteiger partial charge in [-0.3, -0.25) is 0 Å². The zero-order valence-electron chi connectivity index (χ0n) is 12.3. The third kappa shape index (κ3) is 3.34. The molecule has 0 aliphatic carbocycles. The highest BCUT2D eigenvalue weighted by molar-refractivity contribution is 7.89. The zero-order chi connectivity index (χ0) is 16.4. The monoisotopic (exact) mass is 317 g/mol. The first-order valence-corrected chi connectivity index (χ1v) is 7.53. The van der Waals surface area contributed by atoms with Crippen LogP contribution in [0.25, 0.3) is 0 Å². The number of carboxylic acid groups (broad SMARTS) is 1. The molecule has 1 aromatic rings. The molecule has 0 aromatic heterocycles. The van der Waals surface area contributed by atoms with Gasteiger partial charge in [0.2, 0.25) is 10.0 Å². The summed E-state index contributed by atoms with van der Waals surface area (Å²) in [4.78, 5) is 10.8. The van der Waals surface area contributed by atoms with Crippen LogP contribution >= 0.6 is 0 Å². The van der Waals surface area contributed by atoms with Crippen molar-refractivity contribution in [2.45, 2.75) is 24.3 Å². The first-order valence-electron chi connectivity index (χ1n) is 6.09. The minimum Gasteiger partial charge on any atom is -0.495 e. The van der Waals surface area contributed by atoms with Crippen LogP contribution in [-0.4, -0.2) is 55.2 Å². The molecule has 0 aliphatic rings. The molecule has 21 heavy (non-hydrogen) atoms. The molecule has 1 rings (SSSR count). The van der Waals surface area contributed by atoms with E-state index in [4.69, 9.17) is 9.84 Å². The van der Waals surface area contributed by atoms with Crippen LogP contribution in [0.5, 0.6) is 5.75 Å². The Kier molecular flexibility index (Phi) is 4.98. The summed E-state index contributed by atoms with van der Waals surface area (Å²) in [5, 5.41) is 18.3. The van der Waals surface area contributed by atoms with Crippen molar-refractivity contribution in [3.8, 4) is 5.75 Å². The van der Waals surface area contributed by atoms with Crippen LogP contribution in [0.15, 0.2) is 23.1 Å². The number of carboxylic acids is 1. The van der Waals surface area contributed by atoms with Crippen molar-refractivity contribution >= 4 is 16.0 Å². The Morgan fingerprint density at radius 2 is 1.95 bits per heavy atom. The van der Waals surface area contributed by atoms with Crippen molar-refractivity contribution < 1.29 is 28.2 Å². The van der Waals surface area contributed by atoms with E-state index in [0.29, 0.717) is 0 Å². The fourth-order valence-corrected chi connectivity index (χ4v) is 3.27. The molecular weight excluding hydrogens is 298 g/mol. The topological polar surface area (TPSA) is 104 Å². The SMILES string of the molecule is COc1ccc(C(=O)O)cc1S(=O)(=O)N(C)C(C)(C)CO. The van der Waals surface area contributed by atoms with E-state index >= 15 is 0 Å². The largest absolute Gasteiger partial charge is 0.495 e. The van der Waals surface area contributed by atoms with Crippen molar-refractivity contribution in [3.05, 3.63) is 23.8 Å². The summed E-state index contributed by atoms with van der Waals surface area (Å²) in [5.74, 6) is -1.20. The maximum atomic E-state index is 12.6. The molecule has 118 valence electrons. The maximum Gasteiger partial charge on any atom is 0.335 e. The first-order chi connectivity index (χ1) is 9.57. The van der Waals surface area contributed by atoms with Crippen LogP contribution in [0.3, 0.4) is 0 Å². The molecule has 0 fully saturated rings.